The molecule has 0 radical (unpaired) electrons. The van der Waals surface area contributed by atoms with Gasteiger partial charge in [0.05, 0.1) is 13.2 Å². The molecule has 0 spiro atoms. The van der Waals surface area contributed by atoms with E-state index >= 15 is 0 Å². The fourth-order valence-corrected chi connectivity index (χ4v) is 2.04. The lowest BCUT2D eigenvalue weighted by Crippen LogP contribution is -2.36. The largest absolute Gasteiger partial charge is 0.418 e. The van der Waals surface area contributed by atoms with E-state index in [1.165, 1.54) is 0 Å². The van der Waals surface area contributed by atoms with Crippen molar-refractivity contribution in [1.29, 1.82) is 0 Å². The van der Waals surface area contributed by atoms with Crippen molar-refractivity contribution in [2.45, 2.75) is 12.3 Å². The summed E-state index contributed by atoms with van der Waals surface area (Å²) in [7, 11) is 0. The van der Waals surface area contributed by atoms with E-state index in [1.807, 2.05) is 0 Å². The summed E-state index contributed by atoms with van der Waals surface area (Å²) < 4.78 is 42.9. The van der Waals surface area contributed by atoms with Gasteiger partial charge in [0.15, 0.2) is 6.10 Å². The molecular formula is C14H16F3NO2. The molecule has 1 aliphatic heterocycles. The second kappa shape index (κ2) is 6.28. The number of rotatable bonds is 3. The Hall–Kier alpha value is -1.53. The number of nitrogens with zero attached hydrogens (tertiary/aromatic N) is 1. The summed E-state index contributed by atoms with van der Waals surface area (Å²) in [5.74, 6) is 0. The van der Waals surface area contributed by atoms with Crippen molar-refractivity contribution in [1.82, 2.24) is 4.90 Å². The molecular weight excluding hydrogens is 271 g/mol. The van der Waals surface area contributed by atoms with Crippen LogP contribution in [-0.4, -0.2) is 48.6 Å². The van der Waals surface area contributed by atoms with Crippen LogP contribution in [-0.2, 0) is 4.74 Å². The van der Waals surface area contributed by atoms with Crippen molar-refractivity contribution >= 4 is 5.70 Å². The topological polar surface area (TPSA) is 32.7 Å². The third-order valence-electron chi connectivity index (χ3n) is 3.07. The van der Waals surface area contributed by atoms with Gasteiger partial charge in [0.2, 0.25) is 0 Å². The van der Waals surface area contributed by atoms with E-state index in [4.69, 9.17) is 4.74 Å². The summed E-state index contributed by atoms with van der Waals surface area (Å²) in [6, 6.07) is 8.75. The van der Waals surface area contributed by atoms with Crippen LogP contribution in [0.15, 0.2) is 36.4 Å². The number of morpholine rings is 1. The highest BCUT2D eigenvalue weighted by molar-refractivity contribution is 5.64. The minimum Gasteiger partial charge on any atom is -0.380 e. The summed E-state index contributed by atoms with van der Waals surface area (Å²) in [5.41, 5.74) is 1.04. The van der Waals surface area contributed by atoms with Crippen LogP contribution in [0.3, 0.4) is 0 Å². The van der Waals surface area contributed by atoms with E-state index in [0.29, 0.717) is 37.6 Å². The third kappa shape index (κ3) is 3.74. The number of alkyl halides is 3. The molecule has 0 aliphatic carbocycles. The zero-order valence-corrected chi connectivity index (χ0v) is 10.8. The monoisotopic (exact) mass is 287 g/mol. The Kier molecular flexibility index (Phi) is 4.67. The van der Waals surface area contributed by atoms with Gasteiger partial charge in [-0.25, -0.2) is 0 Å². The van der Waals surface area contributed by atoms with Crippen LogP contribution in [0.1, 0.15) is 5.56 Å². The van der Waals surface area contributed by atoms with E-state index in [-0.39, 0.29) is 0 Å². The van der Waals surface area contributed by atoms with E-state index < -0.39 is 12.3 Å². The van der Waals surface area contributed by atoms with Gasteiger partial charge >= 0.3 is 6.18 Å². The van der Waals surface area contributed by atoms with Crippen LogP contribution >= 0.6 is 0 Å². The maximum absolute atomic E-state index is 12.6. The van der Waals surface area contributed by atoms with Gasteiger partial charge in [-0.15, -0.1) is 0 Å². The molecule has 0 saturated carbocycles. The second-order valence-electron chi connectivity index (χ2n) is 4.50. The summed E-state index contributed by atoms with van der Waals surface area (Å²) in [6.45, 7) is 1.94. The molecule has 0 aromatic heterocycles. The summed E-state index contributed by atoms with van der Waals surface area (Å²) >= 11 is 0. The normalized spacial score (nSPS) is 19.0. The van der Waals surface area contributed by atoms with Crippen molar-refractivity contribution < 1.29 is 23.0 Å². The van der Waals surface area contributed by atoms with Gasteiger partial charge in [0.1, 0.15) is 0 Å². The van der Waals surface area contributed by atoms with Gasteiger partial charge in [0, 0.05) is 18.8 Å². The number of ether oxygens (including phenoxy) is 1. The minimum atomic E-state index is -4.66. The average molecular weight is 287 g/mol. The number of benzene rings is 1. The summed E-state index contributed by atoms with van der Waals surface area (Å²) in [6.07, 6.45) is -6.27. The van der Waals surface area contributed by atoms with Crippen molar-refractivity contribution in [3.05, 3.63) is 42.0 Å². The van der Waals surface area contributed by atoms with E-state index in [2.05, 4.69) is 0 Å². The van der Waals surface area contributed by atoms with Crippen LogP contribution in [0.25, 0.3) is 5.70 Å². The van der Waals surface area contributed by atoms with Crippen LogP contribution < -0.4 is 0 Å². The Morgan fingerprint density at radius 2 is 1.80 bits per heavy atom. The van der Waals surface area contributed by atoms with E-state index in [0.717, 1.165) is 6.08 Å². The second-order valence-corrected chi connectivity index (χ2v) is 4.50. The maximum atomic E-state index is 12.6. The van der Waals surface area contributed by atoms with Gasteiger partial charge in [-0.2, -0.15) is 13.2 Å². The predicted octanol–water partition coefficient (Wildman–Crippen LogP) is 2.28. The number of halogens is 3. The molecule has 1 saturated heterocycles. The standard InChI is InChI=1S/C14H16F3NO2/c15-14(16,17)13(19)10-12(11-4-2-1-3-5-11)18-6-8-20-9-7-18/h1-5,10,13,19H,6-9H2/b12-10+. The highest BCUT2D eigenvalue weighted by Crippen LogP contribution is 2.27. The van der Waals surface area contributed by atoms with Gasteiger partial charge < -0.3 is 14.7 Å². The van der Waals surface area contributed by atoms with Gasteiger partial charge in [-0.1, -0.05) is 30.3 Å². The van der Waals surface area contributed by atoms with Crippen molar-refractivity contribution in [3.63, 3.8) is 0 Å². The summed E-state index contributed by atoms with van der Waals surface area (Å²) in [4.78, 5) is 1.80. The molecule has 0 amide bonds. The zero-order chi connectivity index (χ0) is 14.6. The molecule has 110 valence electrons. The summed E-state index contributed by atoms with van der Waals surface area (Å²) in [5, 5.41) is 9.29. The number of hydrogen-bond acceptors (Lipinski definition) is 3. The number of hydrogen-bond donors (Lipinski definition) is 1. The minimum absolute atomic E-state index is 0.388. The van der Waals surface area contributed by atoms with Gasteiger partial charge in [-0.05, 0) is 11.6 Å². The highest BCUT2D eigenvalue weighted by Gasteiger charge is 2.37. The Bertz CT molecular complexity index is 453. The molecule has 1 N–H and O–H groups in total. The van der Waals surface area contributed by atoms with E-state index in [9.17, 15) is 18.3 Å². The Balaban J connectivity index is 2.31. The fraction of sp³-hybridized carbons (Fsp3) is 0.429. The van der Waals surface area contributed by atoms with Crippen molar-refractivity contribution in [2.24, 2.45) is 0 Å². The Morgan fingerprint density at radius 3 is 2.35 bits per heavy atom. The average Bonchev–Trinajstić information content (AvgIpc) is 2.45. The van der Waals surface area contributed by atoms with Crippen LogP contribution in [0, 0.1) is 0 Å². The molecule has 3 nitrogen and oxygen atoms in total. The first kappa shape index (κ1) is 14.9. The lowest BCUT2D eigenvalue weighted by Gasteiger charge is -2.32. The maximum Gasteiger partial charge on any atom is 0.418 e. The molecule has 1 aromatic rings. The fourth-order valence-electron chi connectivity index (χ4n) is 2.04. The highest BCUT2D eigenvalue weighted by atomic mass is 19.4. The lowest BCUT2D eigenvalue weighted by molar-refractivity contribution is -0.187. The molecule has 20 heavy (non-hydrogen) atoms. The molecule has 0 bridgehead atoms. The van der Waals surface area contributed by atoms with Crippen LogP contribution in [0.4, 0.5) is 13.2 Å². The SMILES string of the molecule is OC(/C=C(\c1ccccc1)N1CCOCC1)C(F)(F)F. The molecule has 1 fully saturated rings. The van der Waals surface area contributed by atoms with Crippen molar-refractivity contribution in [3.8, 4) is 0 Å². The third-order valence-corrected chi connectivity index (χ3v) is 3.07. The molecule has 6 heteroatoms. The zero-order valence-electron chi connectivity index (χ0n) is 10.8. The molecule has 1 atom stereocenters. The first-order valence-electron chi connectivity index (χ1n) is 6.33. The predicted molar refractivity (Wildman–Crippen MR) is 68.9 cm³/mol. The first-order chi connectivity index (χ1) is 9.48. The van der Waals surface area contributed by atoms with Crippen LogP contribution in [0.5, 0.6) is 0 Å². The van der Waals surface area contributed by atoms with Gasteiger partial charge in [0.25, 0.3) is 0 Å². The molecule has 2 rings (SSSR count). The van der Waals surface area contributed by atoms with Crippen LogP contribution in [0.2, 0.25) is 0 Å². The molecule has 1 aromatic carbocycles. The van der Waals surface area contributed by atoms with Gasteiger partial charge in [-0.3, -0.25) is 0 Å². The Morgan fingerprint density at radius 1 is 1.20 bits per heavy atom. The Labute approximate surface area is 115 Å². The lowest BCUT2D eigenvalue weighted by atomic mass is 10.1. The molecule has 1 unspecified atom stereocenters. The number of aliphatic hydroxyl groups is 1. The van der Waals surface area contributed by atoms with Crippen molar-refractivity contribution in [2.75, 3.05) is 26.3 Å². The number of aliphatic hydroxyl groups excluding tert-OH is 1. The molecule has 1 aliphatic rings. The molecule has 1 heterocycles. The first-order valence-corrected chi connectivity index (χ1v) is 6.33. The van der Waals surface area contributed by atoms with E-state index in [1.54, 1.807) is 35.2 Å². The smallest absolute Gasteiger partial charge is 0.380 e. The quantitative estimate of drug-likeness (QED) is 0.926.